The fourth-order valence-electron chi connectivity index (χ4n) is 2.03. The van der Waals surface area contributed by atoms with E-state index in [1.54, 1.807) is 13.8 Å². The molecule has 1 heterocycles. The lowest BCUT2D eigenvalue weighted by Gasteiger charge is -2.20. The average molecular weight is 311 g/mol. The molecule has 122 valence electrons. The number of hydrogen-bond acceptors (Lipinski definition) is 5. The second-order valence-corrected chi connectivity index (χ2v) is 5.30. The van der Waals surface area contributed by atoms with E-state index in [-0.39, 0.29) is 24.9 Å². The van der Waals surface area contributed by atoms with Gasteiger partial charge in [0.05, 0.1) is 6.10 Å². The Morgan fingerprint density at radius 2 is 2.18 bits per heavy atom. The zero-order valence-corrected chi connectivity index (χ0v) is 12.8. The van der Waals surface area contributed by atoms with Crippen molar-refractivity contribution in [3.63, 3.8) is 0 Å². The van der Waals surface area contributed by atoms with Gasteiger partial charge in [0.25, 0.3) is 0 Å². The van der Waals surface area contributed by atoms with Crippen LogP contribution in [0.1, 0.15) is 39.5 Å². The number of hydrogen-bond donors (Lipinski definition) is 1. The average Bonchev–Trinajstić information content (AvgIpc) is 2.96. The predicted octanol–water partition coefficient (Wildman–Crippen LogP) is 0.252. The number of Topliss-reactive ketones (excluding diaryl/α,β-unsaturated/α-hetero) is 1. The van der Waals surface area contributed by atoms with Gasteiger partial charge in [-0.2, -0.15) is 4.79 Å². The molecule has 0 aromatic rings. The number of rotatable bonds is 8. The van der Waals surface area contributed by atoms with Gasteiger partial charge in [-0.1, -0.05) is 0 Å². The second kappa shape index (κ2) is 9.07. The Balaban J connectivity index is 2.63. The lowest BCUT2D eigenvalue weighted by atomic mass is 10.1. The van der Waals surface area contributed by atoms with Crippen LogP contribution in [0.15, 0.2) is 0 Å². The Hall–Kier alpha value is -2.05. The molecule has 0 spiro atoms. The van der Waals surface area contributed by atoms with Crippen LogP contribution in [-0.4, -0.2) is 53.5 Å². The van der Waals surface area contributed by atoms with Crippen molar-refractivity contribution in [2.75, 3.05) is 6.61 Å². The van der Waals surface area contributed by atoms with E-state index in [1.807, 2.05) is 0 Å². The molecule has 0 saturated carbocycles. The fourth-order valence-corrected chi connectivity index (χ4v) is 2.03. The fraction of sp³-hybridized carbons (Fsp3) is 0.714. The molecule has 2 atom stereocenters. The van der Waals surface area contributed by atoms with Crippen LogP contribution in [0.2, 0.25) is 0 Å². The summed E-state index contributed by atoms with van der Waals surface area (Å²) in [5.74, 6) is -1.43. The van der Waals surface area contributed by atoms with Crippen LogP contribution in [0, 0.1) is 0 Å². The Morgan fingerprint density at radius 1 is 1.45 bits per heavy atom. The van der Waals surface area contributed by atoms with Crippen LogP contribution in [0.25, 0.3) is 5.53 Å². The van der Waals surface area contributed by atoms with Gasteiger partial charge >= 0.3 is 12.2 Å². The summed E-state index contributed by atoms with van der Waals surface area (Å²) < 4.78 is 10.3. The Labute approximate surface area is 128 Å². The van der Waals surface area contributed by atoms with Crippen molar-refractivity contribution in [3.05, 3.63) is 5.53 Å². The van der Waals surface area contributed by atoms with E-state index >= 15 is 0 Å². The van der Waals surface area contributed by atoms with Crippen LogP contribution in [0.4, 0.5) is 0 Å². The molecule has 1 rings (SSSR count). The van der Waals surface area contributed by atoms with Crippen molar-refractivity contribution in [2.24, 2.45) is 0 Å². The second-order valence-electron chi connectivity index (χ2n) is 5.30. The zero-order chi connectivity index (χ0) is 16.5. The van der Waals surface area contributed by atoms with Crippen molar-refractivity contribution in [1.82, 2.24) is 5.32 Å². The van der Waals surface area contributed by atoms with E-state index in [2.05, 4.69) is 10.1 Å². The number of carbonyl (C=O) groups excluding carboxylic acids is 3. The zero-order valence-electron chi connectivity index (χ0n) is 12.8. The third-order valence-electron chi connectivity index (χ3n) is 3.06. The number of carbonyl (C=O) groups is 3. The molecule has 1 aliphatic rings. The van der Waals surface area contributed by atoms with E-state index < -0.39 is 23.9 Å². The Kier molecular flexibility index (Phi) is 7.42. The highest BCUT2D eigenvalue weighted by Crippen LogP contribution is 2.13. The quantitative estimate of drug-likeness (QED) is 0.298. The molecular formula is C14H21N3O5. The largest absolute Gasteiger partial charge is 0.461 e. The summed E-state index contributed by atoms with van der Waals surface area (Å²) in [6.07, 6.45) is 1.28. The van der Waals surface area contributed by atoms with Gasteiger partial charge in [-0.15, -0.1) is 0 Å². The molecule has 1 amide bonds. The third kappa shape index (κ3) is 6.15. The summed E-state index contributed by atoms with van der Waals surface area (Å²) in [5.41, 5.74) is 8.29. The molecule has 0 bridgehead atoms. The lowest BCUT2D eigenvalue weighted by molar-refractivity contribution is -0.152. The molecule has 0 aromatic carbocycles. The molecule has 1 saturated heterocycles. The van der Waals surface area contributed by atoms with Gasteiger partial charge in [0, 0.05) is 13.0 Å². The van der Waals surface area contributed by atoms with Crippen LogP contribution in [0.3, 0.4) is 0 Å². The molecule has 0 aromatic heterocycles. The highest BCUT2D eigenvalue weighted by molar-refractivity contribution is 6.25. The maximum atomic E-state index is 12.0. The van der Waals surface area contributed by atoms with E-state index in [1.165, 1.54) is 0 Å². The maximum Gasteiger partial charge on any atom is 0.328 e. The minimum absolute atomic E-state index is 0.0479. The van der Waals surface area contributed by atoms with Crippen molar-refractivity contribution < 1.29 is 28.6 Å². The van der Waals surface area contributed by atoms with Gasteiger partial charge in [-0.05, 0) is 33.1 Å². The molecule has 8 nitrogen and oxygen atoms in total. The third-order valence-corrected chi connectivity index (χ3v) is 3.06. The van der Waals surface area contributed by atoms with E-state index in [0.717, 1.165) is 12.6 Å². The number of ketones is 1. The monoisotopic (exact) mass is 311 g/mol. The van der Waals surface area contributed by atoms with Crippen molar-refractivity contribution in [2.45, 2.75) is 57.8 Å². The predicted molar refractivity (Wildman–Crippen MR) is 76.1 cm³/mol. The molecule has 22 heavy (non-hydrogen) atoms. The molecule has 1 N–H and O–H groups in total. The van der Waals surface area contributed by atoms with Gasteiger partial charge in [-0.25, -0.2) is 4.79 Å². The van der Waals surface area contributed by atoms with Crippen molar-refractivity contribution in [1.29, 1.82) is 0 Å². The SMILES string of the molecule is CC(C)OC(=O)[C@H](CCC(=O)C=[N+]=[N-])NC(=O)[C@H]1CCCO1. The smallest absolute Gasteiger partial charge is 0.328 e. The molecule has 1 fully saturated rings. The van der Waals surface area contributed by atoms with Gasteiger partial charge in [0.2, 0.25) is 11.7 Å². The van der Waals surface area contributed by atoms with Crippen LogP contribution in [0.5, 0.6) is 0 Å². The minimum Gasteiger partial charge on any atom is -0.461 e. The highest BCUT2D eigenvalue weighted by atomic mass is 16.5. The topological polar surface area (TPSA) is 118 Å². The van der Waals surface area contributed by atoms with Crippen LogP contribution >= 0.6 is 0 Å². The lowest BCUT2D eigenvalue weighted by Crippen LogP contribution is -2.46. The van der Waals surface area contributed by atoms with Crippen molar-refractivity contribution in [3.8, 4) is 0 Å². The van der Waals surface area contributed by atoms with E-state index in [0.29, 0.717) is 13.0 Å². The van der Waals surface area contributed by atoms with E-state index in [4.69, 9.17) is 15.0 Å². The first-order chi connectivity index (χ1) is 10.4. The number of nitrogens with one attached hydrogen (secondary N) is 1. The molecule has 0 radical (unpaired) electrons. The molecule has 8 heteroatoms. The van der Waals surface area contributed by atoms with Crippen LogP contribution < -0.4 is 5.32 Å². The first-order valence-corrected chi connectivity index (χ1v) is 7.26. The van der Waals surface area contributed by atoms with Gasteiger partial charge < -0.3 is 20.3 Å². The number of ether oxygens (including phenoxy) is 2. The van der Waals surface area contributed by atoms with Gasteiger partial charge in [0.15, 0.2) is 0 Å². The highest BCUT2D eigenvalue weighted by Gasteiger charge is 2.29. The normalized spacial score (nSPS) is 18.4. The standard InChI is InChI=1S/C14H21N3O5/c1-9(2)22-14(20)11(6-5-10(18)8-16-15)17-13(19)12-4-3-7-21-12/h8-9,11-12H,3-7H2,1-2H3,(H,17,19)/t11-,12+/m0/s1. The summed E-state index contributed by atoms with van der Waals surface area (Å²) >= 11 is 0. The molecule has 0 unspecified atom stereocenters. The Bertz CT molecular complexity index is 465. The molecule has 0 aliphatic carbocycles. The summed E-state index contributed by atoms with van der Waals surface area (Å²) in [7, 11) is 0. The molecular weight excluding hydrogens is 290 g/mol. The number of amides is 1. The first-order valence-electron chi connectivity index (χ1n) is 7.26. The van der Waals surface area contributed by atoms with E-state index in [9.17, 15) is 14.4 Å². The maximum absolute atomic E-state index is 12.0. The summed E-state index contributed by atoms with van der Waals surface area (Å²) in [6, 6.07) is -0.935. The summed E-state index contributed by atoms with van der Waals surface area (Å²) in [6.45, 7) is 3.91. The summed E-state index contributed by atoms with van der Waals surface area (Å²) in [5, 5.41) is 2.56. The van der Waals surface area contributed by atoms with Gasteiger partial charge in [-0.3, -0.25) is 9.59 Å². The first kappa shape index (κ1) is 18.0. The van der Waals surface area contributed by atoms with Crippen molar-refractivity contribution >= 4 is 23.9 Å². The Morgan fingerprint density at radius 3 is 2.73 bits per heavy atom. The van der Waals surface area contributed by atoms with Crippen LogP contribution in [-0.2, 0) is 23.9 Å². The number of nitrogens with zero attached hydrogens (tertiary/aromatic N) is 2. The minimum atomic E-state index is -0.935. The molecule has 1 aliphatic heterocycles. The summed E-state index contributed by atoms with van der Waals surface area (Å²) in [4.78, 5) is 38.0. The number of esters is 1. The van der Waals surface area contributed by atoms with Gasteiger partial charge in [0.1, 0.15) is 12.1 Å².